The van der Waals surface area contributed by atoms with Crippen LogP contribution in [0.1, 0.15) is 28.4 Å². The molecule has 2 aromatic heterocycles. The first-order valence-corrected chi connectivity index (χ1v) is 10.2. The van der Waals surface area contributed by atoms with Gasteiger partial charge in [-0.3, -0.25) is 9.59 Å². The average molecular weight is 429 g/mol. The van der Waals surface area contributed by atoms with Crippen LogP contribution in [0, 0.1) is 11.1 Å². The van der Waals surface area contributed by atoms with Crippen molar-refractivity contribution >= 4 is 34.1 Å². The van der Waals surface area contributed by atoms with Crippen molar-refractivity contribution in [3.63, 3.8) is 0 Å². The number of carbonyl (C=O) groups excluding carboxylic acids is 1. The van der Waals surface area contributed by atoms with Gasteiger partial charge in [0.1, 0.15) is 0 Å². The lowest BCUT2D eigenvalue weighted by Gasteiger charge is -2.42. The Morgan fingerprint density at radius 2 is 2.03 bits per heavy atom. The van der Waals surface area contributed by atoms with Gasteiger partial charge in [0.05, 0.1) is 11.1 Å². The minimum Gasteiger partial charge on any atom is -0.595 e. The summed E-state index contributed by atoms with van der Waals surface area (Å²) in [7, 11) is 1.89. The molecular formula is C21H21ClN4O4. The van der Waals surface area contributed by atoms with E-state index in [-0.39, 0.29) is 23.4 Å². The molecule has 4 heterocycles. The second-order valence-corrected chi connectivity index (χ2v) is 8.65. The van der Waals surface area contributed by atoms with Gasteiger partial charge in [-0.1, -0.05) is 17.7 Å². The molecule has 0 saturated carbocycles. The number of carbonyl (C=O) groups is 1. The highest BCUT2D eigenvalue weighted by atomic mass is 35.5. The molecule has 30 heavy (non-hydrogen) atoms. The van der Waals surface area contributed by atoms with Gasteiger partial charge in [-0.25, -0.2) is 5.21 Å². The molecule has 156 valence electrons. The quantitative estimate of drug-likeness (QED) is 0.607. The van der Waals surface area contributed by atoms with Gasteiger partial charge in [0.25, 0.3) is 5.91 Å². The summed E-state index contributed by atoms with van der Waals surface area (Å²) in [5.74, 6) is 0.100. The number of rotatable bonds is 2. The molecule has 2 aliphatic rings. The Balaban J connectivity index is 1.48. The van der Waals surface area contributed by atoms with Crippen LogP contribution < -0.4 is 10.8 Å². The van der Waals surface area contributed by atoms with Crippen molar-refractivity contribution in [3.8, 4) is 0 Å². The van der Waals surface area contributed by atoms with Crippen molar-refractivity contribution in [3.05, 3.63) is 68.4 Å². The summed E-state index contributed by atoms with van der Waals surface area (Å²) < 4.78 is 3.49. The lowest BCUT2D eigenvalue weighted by molar-refractivity contribution is -0.992. The molecule has 0 radical (unpaired) electrons. The fourth-order valence-electron chi connectivity index (χ4n) is 4.97. The molecule has 1 saturated heterocycles. The Hall–Kier alpha value is -2.65. The molecule has 1 unspecified atom stereocenters. The smallest absolute Gasteiger partial charge is 0.315 e. The first kappa shape index (κ1) is 19.3. The number of amides is 1. The van der Waals surface area contributed by atoms with Gasteiger partial charge in [0, 0.05) is 61.0 Å². The summed E-state index contributed by atoms with van der Waals surface area (Å²) >= 11 is 6.11. The van der Waals surface area contributed by atoms with Crippen LogP contribution in [0.15, 0.2) is 41.3 Å². The van der Waals surface area contributed by atoms with Crippen molar-refractivity contribution in [1.29, 1.82) is 0 Å². The molecular weight excluding hydrogens is 408 g/mol. The van der Waals surface area contributed by atoms with Crippen molar-refractivity contribution in [2.75, 3.05) is 13.1 Å². The van der Waals surface area contributed by atoms with E-state index >= 15 is 0 Å². The molecule has 5 rings (SSSR count). The summed E-state index contributed by atoms with van der Waals surface area (Å²) in [6, 6.07) is 8.61. The van der Waals surface area contributed by atoms with E-state index in [0.717, 1.165) is 23.0 Å². The molecule has 9 heteroatoms. The van der Waals surface area contributed by atoms with Crippen LogP contribution in [0.5, 0.6) is 0 Å². The summed E-state index contributed by atoms with van der Waals surface area (Å²) in [5, 5.41) is 20.8. The van der Waals surface area contributed by atoms with Gasteiger partial charge in [-0.2, -0.15) is 5.23 Å². The minimum absolute atomic E-state index is 0.0152. The van der Waals surface area contributed by atoms with E-state index in [1.165, 1.54) is 6.07 Å². The Labute approximate surface area is 177 Å². The van der Waals surface area contributed by atoms with Gasteiger partial charge in [0.15, 0.2) is 0 Å². The number of hydrogen-bond donors (Lipinski definition) is 2. The molecule has 3 aromatic rings. The predicted molar refractivity (Wildman–Crippen MR) is 111 cm³/mol. The van der Waals surface area contributed by atoms with E-state index in [1.54, 1.807) is 16.7 Å². The second-order valence-electron chi connectivity index (χ2n) is 8.22. The van der Waals surface area contributed by atoms with E-state index in [2.05, 4.69) is 0 Å². The van der Waals surface area contributed by atoms with Gasteiger partial charge in [0.2, 0.25) is 5.69 Å². The first-order chi connectivity index (χ1) is 14.3. The van der Waals surface area contributed by atoms with Crippen molar-refractivity contribution in [2.24, 2.45) is 13.0 Å². The maximum absolute atomic E-state index is 13.4. The van der Waals surface area contributed by atoms with Crippen LogP contribution in [0.2, 0.25) is 5.02 Å². The SMILES string of the molecule is Cn1cc(C(=O)N2C[C@@H]3C[C@@H](C2)c2ccc([NH+]([O-])O)c(=O)n2C3)c2ccc(Cl)cc21. The van der Waals surface area contributed by atoms with Crippen LogP contribution in [-0.4, -0.2) is 38.2 Å². The van der Waals surface area contributed by atoms with Gasteiger partial charge in [-0.15, -0.1) is 0 Å². The van der Waals surface area contributed by atoms with Gasteiger partial charge < -0.3 is 19.2 Å². The zero-order valence-corrected chi connectivity index (χ0v) is 17.1. The van der Waals surface area contributed by atoms with E-state index in [4.69, 9.17) is 11.6 Å². The average Bonchev–Trinajstić information content (AvgIpc) is 3.03. The molecule has 0 aliphatic carbocycles. The highest BCUT2D eigenvalue weighted by Gasteiger charge is 2.37. The number of piperidine rings is 1. The number of nitrogens with one attached hydrogen (secondary N) is 1. The fraction of sp³-hybridized carbons (Fsp3) is 0.333. The summed E-state index contributed by atoms with van der Waals surface area (Å²) in [5.41, 5.74) is 1.69. The normalized spacial score (nSPS) is 21.5. The number of quaternary nitrogens is 1. The summed E-state index contributed by atoms with van der Waals surface area (Å²) in [6.07, 6.45) is 2.73. The van der Waals surface area contributed by atoms with Crippen LogP contribution in [0.3, 0.4) is 0 Å². The third kappa shape index (κ3) is 2.95. The molecule has 2 aliphatic heterocycles. The minimum atomic E-state index is -1.21. The largest absolute Gasteiger partial charge is 0.595 e. The molecule has 3 atom stereocenters. The lowest BCUT2D eigenvalue weighted by Crippen LogP contribution is -3.00. The molecule has 1 aromatic carbocycles. The maximum Gasteiger partial charge on any atom is 0.315 e. The van der Waals surface area contributed by atoms with Crippen molar-refractivity contribution < 1.29 is 15.2 Å². The van der Waals surface area contributed by atoms with Crippen molar-refractivity contribution in [1.82, 2.24) is 14.0 Å². The molecule has 8 nitrogen and oxygen atoms in total. The zero-order valence-electron chi connectivity index (χ0n) is 16.3. The number of aromatic nitrogens is 2. The highest BCUT2D eigenvalue weighted by molar-refractivity contribution is 6.31. The number of hydrogen-bond acceptors (Lipinski definition) is 4. The Bertz CT molecular complexity index is 1230. The molecule has 2 bridgehead atoms. The van der Waals surface area contributed by atoms with Gasteiger partial charge in [-0.05, 0) is 30.5 Å². The third-order valence-corrected chi connectivity index (χ3v) is 6.54. The van der Waals surface area contributed by atoms with Crippen molar-refractivity contribution in [2.45, 2.75) is 18.9 Å². The third-order valence-electron chi connectivity index (χ3n) is 6.30. The lowest BCUT2D eigenvalue weighted by atomic mass is 9.83. The van der Waals surface area contributed by atoms with Gasteiger partial charge >= 0.3 is 5.56 Å². The predicted octanol–water partition coefficient (Wildman–Crippen LogP) is 1.66. The number of aryl methyl sites for hydroxylation is 1. The topological polar surface area (TPSA) is 95.0 Å². The van der Waals surface area contributed by atoms with E-state index in [9.17, 15) is 20.0 Å². The number of fused-ring (bicyclic) bond motifs is 5. The fourth-order valence-corrected chi connectivity index (χ4v) is 5.14. The molecule has 1 amide bonds. The molecule has 1 fully saturated rings. The number of likely N-dealkylation sites (tertiary alicyclic amines) is 1. The second kappa shape index (κ2) is 6.95. The molecule has 2 N–H and O–H groups in total. The van der Waals surface area contributed by atoms with E-state index in [1.807, 2.05) is 34.8 Å². The highest BCUT2D eigenvalue weighted by Crippen LogP contribution is 2.36. The van der Waals surface area contributed by atoms with Crippen LogP contribution in [0.25, 0.3) is 10.9 Å². The van der Waals surface area contributed by atoms with E-state index in [0.29, 0.717) is 30.2 Å². The van der Waals surface area contributed by atoms with Crippen LogP contribution in [-0.2, 0) is 13.6 Å². The monoisotopic (exact) mass is 428 g/mol. The number of benzene rings is 1. The van der Waals surface area contributed by atoms with Crippen LogP contribution >= 0.6 is 11.6 Å². The van der Waals surface area contributed by atoms with E-state index < -0.39 is 10.8 Å². The molecule has 0 spiro atoms. The number of pyridine rings is 1. The zero-order chi connectivity index (χ0) is 21.2. The Kier molecular flexibility index (Phi) is 4.48. The standard InChI is InChI=1S/C21H21ClN4O4/c1-23-11-16(15-3-2-14(22)7-19(15)23)20(27)24-8-12-6-13(10-24)17-4-5-18(26(29)30)21(28)25(17)9-12/h2-5,7,11-13,26,29H,6,8-10H2,1H3/t12-,13-/m0/s1. The van der Waals surface area contributed by atoms with Crippen LogP contribution in [0.4, 0.5) is 5.69 Å². The number of halogens is 1. The number of nitrogens with zero attached hydrogens (tertiary/aromatic N) is 3. The summed E-state index contributed by atoms with van der Waals surface area (Å²) in [6.45, 7) is 1.48. The Morgan fingerprint density at radius 3 is 2.80 bits per heavy atom. The maximum atomic E-state index is 13.4. The summed E-state index contributed by atoms with van der Waals surface area (Å²) in [4.78, 5) is 27.8. The Morgan fingerprint density at radius 1 is 1.23 bits per heavy atom. The first-order valence-electron chi connectivity index (χ1n) is 9.84.